The lowest BCUT2D eigenvalue weighted by Crippen LogP contribution is -2.38. The van der Waals surface area contributed by atoms with E-state index in [4.69, 9.17) is 0 Å². The highest BCUT2D eigenvalue weighted by atomic mass is 32.2. The maximum Gasteiger partial charge on any atom is 0.256 e. The highest BCUT2D eigenvalue weighted by Crippen LogP contribution is 2.21. The summed E-state index contributed by atoms with van der Waals surface area (Å²) in [5.74, 6) is -1.13. The van der Waals surface area contributed by atoms with Gasteiger partial charge in [-0.2, -0.15) is 0 Å². The molecule has 1 aliphatic heterocycles. The van der Waals surface area contributed by atoms with Crippen LogP contribution in [0.4, 0.5) is 4.39 Å². The number of hydrogen-bond acceptors (Lipinski definition) is 4. The summed E-state index contributed by atoms with van der Waals surface area (Å²) in [6.45, 7) is 0. The van der Waals surface area contributed by atoms with Crippen molar-refractivity contribution in [1.82, 2.24) is 4.90 Å². The molecule has 0 aliphatic carbocycles. The average molecular weight is 303 g/mol. The zero-order valence-corrected chi connectivity index (χ0v) is 12.0. The Kier molecular flexibility index (Phi) is 3.87. The molecule has 1 heterocycles. The van der Waals surface area contributed by atoms with Gasteiger partial charge in [0.25, 0.3) is 5.91 Å². The first-order valence-electron chi connectivity index (χ1n) is 5.76. The Balaban J connectivity index is 2.22. The summed E-state index contributed by atoms with van der Waals surface area (Å²) in [6, 6.07) is 3.59. The fraction of sp³-hybridized carbons (Fsp3) is 0.417. The zero-order chi connectivity index (χ0) is 14.2. The van der Waals surface area contributed by atoms with Gasteiger partial charge >= 0.3 is 0 Å². The summed E-state index contributed by atoms with van der Waals surface area (Å²) in [7, 11) is -1.58. The molecule has 1 saturated heterocycles. The lowest BCUT2D eigenvalue weighted by molar-refractivity contribution is 0.0742. The molecule has 0 spiro atoms. The van der Waals surface area contributed by atoms with Crippen LogP contribution in [0.5, 0.6) is 0 Å². The zero-order valence-electron chi connectivity index (χ0n) is 10.3. The Bertz CT molecular complexity index is 615. The summed E-state index contributed by atoms with van der Waals surface area (Å²) in [4.78, 5) is 14.0. The van der Waals surface area contributed by atoms with E-state index >= 15 is 0 Å². The second-order valence-electron chi connectivity index (χ2n) is 4.64. The summed E-state index contributed by atoms with van der Waals surface area (Å²) in [6.07, 6.45) is 0.396. The van der Waals surface area contributed by atoms with Crippen LogP contribution in [-0.4, -0.2) is 43.8 Å². The molecule has 0 N–H and O–H groups in total. The number of rotatable bonds is 2. The molecule has 1 atom stereocenters. The maximum atomic E-state index is 13.6. The molecule has 1 fully saturated rings. The van der Waals surface area contributed by atoms with Gasteiger partial charge in [0, 0.05) is 18.0 Å². The van der Waals surface area contributed by atoms with Crippen LogP contribution < -0.4 is 0 Å². The van der Waals surface area contributed by atoms with Crippen molar-refractivity contribution >= 4 is 28.4 Å². The van der Waals surface area contributed by atoms with Crippen molar-refractivity contribution in [1.29, 1.82) is 0 Å². The lowest BCUT2D eigenvalue weighted by atomic mass is 10.1. The van der Waals surface area contributed by atoms with Gasteiger partial charge in [0.1, 0.15) is 5.82 Å². The third-order valence-corrected chi connectivity index (χ3v) is 5.29. The average Bonchev–Trinajstić information content (AvgIpc) is 2.71. The van der Waals surface area contributed by atoms with Crippen molar-refractivity contribution in [3.8, 4) is 0 Å². The van der Waals surface area contributed by atoms with Crippen LogP contribution in [-0.2, 0) is 9.84 Å². The summed E-state index contributed by atoms with van der Waals surface area (Å²) >= 11 is 4.07. The Morgan fingerprint density at radius 3 is 2.74 bits per heavy atom. The SMILES string of the molecule is CN(C(=O)c1cc(S)ccc1F)C1CCS(=O)(=O)C1. The second kappa shape index (κ2) is 5.13. The molecule has 1 unspecified atom stereocenters. The third-order valence-electron chi connectivity index (χ3n) is 3.26. The monoisotopic (exact) mass is 303 g/mol. The molecular weight excluding hydrogens is 289 g/mol. The van der Waals surface area contributed by atoms with Gasteiger partial charge in [0.2, 0.25) is 0 Å². The number of amides is 1. The van der Waals surface area contributed by atoms with E-state index in [0.717, 1.165) is 0 Å². The maximum absolute atomic E-state index is 13.6. The summed E-state index contributed by atoms with van der Waals surface area (Å²) in [5, 5.41) is 0. The van der Waals surface area contributed by atoms with Crippen molar-refractivity contribution in [3.05, 3.63) is 29.6 Å². The van der Waals surface area contributed by atoms with Crippen LogP contribution in [0, 0.1) is 5.82 Å². The molecule has 19 heavy (non-hydrogen) atoms. The van der Waals surface area contributed by atoms with E-state index in [1.807, 2.05) is 0 Å². The molecule has 2 rings (SSSR count). The molecule has 4 nitrogen and oxygen atoms in total. The van der Waals surface area contributed by atoms with E-state index in [1.165, 1.54) is 30.1 Å². The molecule has 104 valence electrons. The smallest absolute Gasteiger partial charge is 0.256 e. The molecule has 0 radical (unpaired) electrons. The number of thiol groups is 1. The van der Waals surface area contributed by atoms with Gasteiger partial charge in [0.05, 0.1) is 17.1 Å². The predicted molar refractivity (Wildman–Crippen MR) is 72.8 cm³/mol. The van der Waals surface area contributed by atoms with E-state index < -0.39 is 21.6 Å². The van der Waals surface area contributed by atoms with Crippen LogP contribution in [0.15, 0.2) is 23.1 Å². The van der Waals surface area contributed by atoms with Crippen molar-refractivity contribution < 1.29 is 17.6 Å². The largest absolute Gasteiger partial charge is 0.338 e. The highest BCUT2D eigenvalue weighted by Gasteiger charge is 2.33. The minimum Gasteiger partial charge on any atom is -0.338 e. The third kappa shape index (κ3) is 3.09. The molecule has 1 amide bonds. The van der Waals surface area contributed by atoms with Gasteiger partial charge in [0.15, 0.2) is 9.84 Å². The molecule has 7 heteroatoms. The van der Waals surface area contributed by atoms with Gasteiger partial charge in [-0.15, -0.1) is 12.6 Å². The molecule has 0 saturated carbocycles. The number of nitrogens with zero attached hydrogens (tertiary/aromatic N) is 1. The second-order valence-corrected chi connectivity index (χ2v) is 7.38. The molecule has 1 aromatic carbocycles. The minimum absolute atomic E-state index is 0.0581. The van der Waals surface area contributed by atoms with Gasteiger partial charge in [-0.3, -0.25) is 4.79 Å². The van der Waals surface area contributed by atoms with E-state index in [-0.39, 0.29) is 23.1 Å². The van der Waals surface area contributed by atoms with E-state index in [1.54, 1.807) is 0 Å². The normalized spacial score (nSPS) is 21.3. The number of sulfone groups is 1. The first kappa shape index (κ1) is 14.3. The van der Waals surface area contributed by atoms with Crippen LogP contribution in [0.3, 0.4) is 0 Å². The first-order valence-corrected chi connectivity index (χ1v) is 8.03. The summed E-state index contributed by atoms with van der Waals surface area (Å²) < 4.78 is 36.4. The molecule has 1 aliphatic rings. The van der Waals surface area contributed by atoms with Crippen molar-refractivity contribution in [3.63, 3.8) is 0 Å². The minimum atomic E-state index is -3.08. The lowest BCUT2D eigenvalue weighted by Gasteiger charge is -2.23. The molecule has 0 bridgehead atoms. The van der Waals surface area contributed by atoms with Crippen LogP contribution in [0.25, 0.3) is 0 Å². The fourth-order valence-corrected chi connectivity index (χ4v) is 4.09. The predicted octanol–water partition coefficient (Wildman–Crippen LogP) is 1.37. The van der Waals surface area contributed by atoms with Crippen molar-refractivity contribution in [2.24, 2.45) is 0 Å². The van der Waals surface area contributed by atoms with Crippen molar-refractivity contribution in [2.75, 3.05) is 18.6 Å². The van der Waals surface area contributed by atoms with Gasteiger partial charge in [-0.05, 0) is 24.6 Å². The van der Waals surface area contributed by atoms with Gasteiger partial charge in [-0.25, -0.2) is 12.8 Å². The van der Waals surface area contributed by atoms with E-state index in [0.29, 0.717) is 11.3 Å². The highest BCUT2D eigenvalue weighted by molar-refractivity contribution is 7.91. The Hall–Kier alpha value is -1.08. The molecule has 1 aromatic rings. The quantitative estimate of drug-likeness (QED) is 0.840. The van der Waals surface area contributed by atoms with E-state index in [9.17, 15) is 17.6 Å². The number of carbonyl (C=O) groups is 1. The Morgan fingerprint density at radius 1 is 1.47 bits per heavy atom. The van der Waals surface area contributed by atoms with Gasteiger partial charge in [-0.1, -0.05) is 0 Å². The number of hydrogen-bond donors (Lipinski definition) is 1. The van der Waals surface area contributed by atoms with Crippen molar-refractivity contribution in [2.45, 2.75) is 17.4 Å². The number of halogens is 1. The standard InChI is InChI=1S/C12H14FNO3S2/c1-14(8-4-5-19(16,17)7-8)12(15)10-6-9(18)2-3-11(10)13/h2-3,6,8,18H,4-5,7H2,1H3. The van der Waals surface area contributed by atoms with Crippen LogP contribution in [0.2, 0.25) is 0 Å². The van der Waals surface area contributed by atoms with Crippen LogP contribution >= 0.6 is 12.6 Å². The topological polar surface area (TPSA) is 54.5 Å². The molecular formula is C12H14FNO3S2. The number of benzene rings is 1. The van der Waals surface area contributed by atoms with E-state index in [2.05, 4.69) is 12.6 Å². The first-order chi connectivity index (χ1) is 8.80. The van der Waals surface area contributed by atoms with Crippen LogP contribution in [0.1, 0.15) is 16.8 Å². The Labute approximate surface area is 116 Å². The Morgan fingerprint density at radius 2 is 2.16 bits per heavy atom. The summed E-state index contributed by atoms with van der Waals surface area (Å²) in [5.41, 5.74) is -0.0840. The fourth-order valence-electron chi connectivity index (χ4n) is 2.11. The van der Waals surface area contributed by atoms with Gasteiger partial charge < -0.3 is 4.90 Å². The molecule has 0 aromatic heterocycles. The number of carbonyl (C=O) groups excluding carboxylic acids is 1.